The van der Waals surface area contributed by atoms with E-state index in [1.54, 1.807) is 18.3 Å². The van der Waals surface area contributed by atoms with Gasteiger partial charge in [-0.2, -0.15) is 0 Å². The molecule has 0 unspecified atom stereocenters. The highest BCUT2D eigenvalue weighted by Crippen LogP contribution is 2.17. The van der Waals surface area contributed by atoms with Crippen LogP contribution < -0.4 is 5.73 Å². The summed E-state index contributed by atoms with van der Waals surface area (Å²) in [6.45, 7) is 0.0540. The van der Waals surface area contributed by atoms with Crippen molar-refractivity contribution in [2.24, 2.45) is 0 Å². The molecule has 2 N–H and O–H groups in total. The Balaban J connectivity index is 2.18. The summed E-state index contributed by atoms with van der Waals surface area (Å²) in [7, 11) is 1.33. The van der Waals surface area contributed by atoms with E-state index >= 15 is 0 Å². The second kappa shape index (κ2) is 4.65. The Kier molecular flexibility index (Phi) is 3.04. The molecule has 0 aliphatic heterocycles. The zero-order valence-corrected chi connectivity index (χ0v) is 9.33. The highest BCUT2D eigenvalue weighted by molar-refractivity contribution is 5.69. The number of ether oxygens (including phenoxy) is 1. The molecule has 0 saturated heterocycles. The van der Waals surface area contributed by atoms with Crippen LogP contribution in [0.5, 0.6) is 0 Å². The monoisotopic (exact) mass is 232 g/mol. The first-order valence-corrected chi connectivity index (χ1v) is 5.02. The predicted octanol–water partition coefficient (Wildman–Crippen LogP) is 0.700. The molecular weight excluding hydrogens is 220 g/mol. The molecule has 0 aliphatic rings. The number of anilines is 1. The van der Waals surface area contributed by atoms with Gasteiger partial charge in [0.05, 0.1) is 13.3 Å². The minimum atomic E-state index is -0.362. The highest BCUT2D eigenvalue weighted by Gasteiger charge is 2.07. The van der Waals surface area contributed by atoms with Gasteiger partial charge in [-0.05, 0) is 12.1 Å². The van der Waals surface area contributed by atoms with Crippen molar-refractivity contribution >= 4 is 11.7 Å². The molecule has 0 atom stereocenters. The van der Waals surface area contributed by atoms with Crippen LogP contribution in [0.2, 0.25) is 0 Å². The van der Waals surface area contributed by atoms with Crippen molar-refractivity contribution in [3.63, 3.8) is 0 Å². The fourth-order valence-electron chi connectivity index (χ4n) is 1.36. The van der Waals surface area contributed by atoms with Gasteiger partial charge in [0.2, 0.25) is 0 Å². The summed E-state index contributed by atoms with van der Waals surface area (Å²) in [5.74, 6) is -0.362. The van der Waals surface area contributed by atoms with Crippen molar-refractivity contribution in [1.82, 2.24) is 15.0 Å². The molecule has 0 radical (unpaired) electrons. The van der Waals surface area contributed by atoms with E-state index in [1.807, 2.05) is 12.1 Å². The first-order valence-electron chi connectivity index (χ1n) is 5.02. The van der Waals surface area contributed by atoms with E-state index in [2.05, 4.69) is 15.0 Å². The number of nitrogen functional groups attached to an aromatic ring is 1. The van der Waals surface area contributed by atoms with Crippen LogP contribution in [0.4, 0.5) is 5.69 Å². The topological polar surface area (TPSA) is 83.0 Å². The van der Waals surface area contributed by atoms with Crippen molar-refractivity contribution in [3.8, 4) is 11.3 Å². The smallest absolute Gasteiger partial charge is 0.327 e. The summed E-state index contributed by atoms with van der Waals surface area (Å²) in [5, 5.41) is 7.81. The number of benzene rings is 1. The molecule has 1 heterocycles. The number of nitrogens with two attached hydrogens (primary N) is 1. The van der Waals surface area contributed by atoms with Crippen molar-refractivity contribution in [2.45, 2.75) is 6.54 Å². The molecule has 2 aromatic rings. The van der Waals surface area contributed by atoms with Crippen LogP contribution in [0.1, 0.15) is 0 Å². The number of hydrogen-bond acceptors (Lipinski definition) is 5. The lowest BCUT2D eigenvalue weighted by molar-refractivity contribution is -0.141. The average molecular weight is 232 g/mol. The number of carbonyl (C=O) groups is 1. The van der Waals surface area contributed by atoms with Gasteiger partial charge in [0.1, 0.15) is 12.2 Å². The van der Waals surface area contributed by atoms with E-state index in [0.29, 0.717) is 11.4 Å². The number of hydrogen-bond donors (Lipinski definition) is 1. The Morgan fingerprint density at radius 1 is 1.41 bits per heavy atom. The fraction of sp³-hybridized carbons (Fsp3) is 0.182. The number of methoxy groups -OCH3 is 1. The number of esters is 1. The molecule has 0 saturated carbocycles. The molecular formula is C11H12N4O2. The molecule has 0 amide bonds. The van der Waals surface area contributed by atoms with Gasteiger partial charge in [0.25, 0.3) is 0 Å². The molecule has 1 aromatic heterocycles. The van der Waals surface area contributed by atoms with E-state index in [9.17, 15) is 4.79 Å². The second-order valence-electron chi connectivity index (χ2n) is 3.50. The van der Waals surface area contributed by atoms with Gasteiger partial charge in [0.15, 0.2) is 0 Å². The summed E-state index contributed by atoms with van der Waals surface area (Å²) < 4.78 is 5.97. The van der Waals surface area contributed by atoms with Crippen molar-refractivity contribution in [3.05, 3.63) is 30.5 Å². The van der Waals surface area contributed by atoms with E-state index in [-0.39, 0.29) is 12.5 Å². The van der Waals surface area contributed by atoms with Crippen LogP contribution in [0, 0.1) is 0 Å². The molecule has 2 rings (SSSR count). The summed E-state index contributed by atoms with van der Waals surface area (Å²) in [5.41, 5.74) is 7.87. The Bertz CT molecular complexity index is 519. The summed E-state index contributed by atoms with van der Waals surface area (Å²) in [4.78, 5) is 11.0. The third-order valence-electron chi connectivity index (χ3n) is 2.26. The quantitative estimate of drug-likeness (QED) is 0.622. The zero-order chi connectivity index (χ0) is 12.3. The summed E-state index contributed by atoms with van der Waals surface area (Å²) in [6, 6.07) is 7.27. The van der Waals surface area contributed by atoms with Crippen LogP contribution in [0.25, 0.3) is 11.3 Å². The zero-order valence-electron chi connectivity index (χ0n) is 9.33. The van der Waals surface area contributed by atoms with E-state index in [4.69, 9.17) is 5.73 Å². The molecule has 6 heteroatoms. The van der Waals surface area contributed by atoms with Crippen LogP contribution in [0.15, 0.2) is 30.5 Å². The largest absolute Gasteiger partial charge is 0.468 e. The van der Waals surface area contributed by atoms with Gasteiger partial charge in [-0.3, -0.25) is 4.79 Å². The summed E-state index contributed by atoms with van der Waals surface area (Å²) >= 11 is 0. The molecule has 0 spiro atoms. The van der Waals surface area contributed by atoms with Gasteiger partial charge in [0, 0.05) is 11.3 Å². The molecule has 88 valence electrons. The minimum Gasteiger partial charge on any atom is -0.468 e. The molecule has 0 aliphatic carbocycles. The van der Waals surface area contributed by atoms with E-state index < -0.39 is 0 Å². The highest BCUT2D eigenvalue weighted by atomic mass is 16.5. The first-order chi connectivity index (χ1) is 8.19. The summed E-state index contributed by atoms with van der Waals surface area (Å²) in [6.07, 6.45) is 1.68. The Morgan fingerprint density at radius 2 is 2.12 bits per heavy atom. The molecule has 0 bridgehead atoms. The van der Waals surface area contributed by atoms with Gasteiger partial charge in [-0.25, -0.2) is 4.68 Å². The van der Waals surface area contributed by atoms with Crippen LogP contribution in [-0.4, -0.2) is 28.1 Å². The van der Waals surface area contributed by atoms with Gasteiger partial charge >= 0.3 is 5.97 Å². The maximum absolute atomic E-state index is 11.0. The predicted molar refractivity (Wildman–Crippen MR) is 61.9 cm³/mol. The lowest BCUT2D eigenvalue weighted by atomic mass is 10.1. The second-order valence-corrected chi connectivity index (χ2v) is 3.50. The lowest BCUT2D eigenvalue weighted by Gasteiger charge is -1.97. The molecule has 1 aromatic carbocycles. The Morgan fingerprint density at radius 3 is 2.76 bits per heavy atom. The molecule has 17 heavy (non-hydrogen) atoms. The number of carbonyl (C=O) groups excluding carboxylic acids is 1. The van der Waals surface area contributed by atoms with E-state index in [0.717, 1.165) is 5.56 Å². The van der Waals surface area contributed by atoms with Crippen LogP contribution in [-0.2, 0) is 16.1 Å². The van der Waals surface area contributed by atoms with Gasteiger partial charge in [-0.15, -0.1) is 5.10 Å². The van der Waals surface area contributed by atoms with Crippen molar-refractivity contribution in [2.75, 3.05) is 12.8 Å². The average Bonchev–Trinajstić information content (AvgIpc) is 2.78. The molecule has 0 fully saturated rings. The van der Waals surface area contributed by atoms with Crippen molar-refractivity contribution < 1.29 is 9.53 Å². The van der Waals surface area contributed by atoms with Gasteiger partial charge < -0.3 is 10.5 Å². The SMILES string of the molecule is COC(=O)Cn1cc(-c2ccc(N)cc2)nn1. The number of aromatic nitrogens is 3. The minimum absolute atomic E-state index is 0.0540. The van der Waals surface area contributed by atoms with Gasteiger partial charge in [-0.1, -0.05) is 17.3 Å². The number of rotatable bonds is 3. The first kappa shape index (κ1) is 11.1. The maximum atomic E-state index is 11.0. The normalized spacial score (nSPS) is 10.2. The number of nitrogens with zero attached hydrogens (tertiary/aromatic N) is 3. The Hall–Kier alpha value is -2.37. The van der Waals surface area contributed by atoms with E-state index in [1.165, 1.54) is 11.8 Å². The third kappa shape index (κ3) is 2.60. The maximum Gasteiger partial charge on any atom is 0.327 e. The van der Waals surface area contributed by atoms with Crippen molar-refractivity contribution in [1.29, 1.82) is 0 Å². The standard InChI is InChI=1S/C11H12N4O2/c1-17-11(16)7-15-6-10(13-14-15)8-2-4-9(12)5-3-8/h2-6H,7,12H2,1H3. The Labute approximate surface area is 98.0 Å². The van der Waals surface area contributed by atoms with Crippen LogP contribution >= 0.6 is 0 Å². The lowest BCUT2D eigenvalue weighted by Crippen LogP contribution is -2.11. The third-order valence-corrected chi connectivity index (χ3v) is 2.26. The fourth-order valence-corrected chi connectivity index (χ4v) is 1.36. The van der Waals surface area contributed by atoms with Crippen LogP contribution in [0.3, 0.4) is 0 Å². The molecule has 6 nitrogen and oxygen atoms in total.